The number of benzene rings is 2. The van der Waals surface area contributed by atoms with Gasteiger partial charge in [-0.1, -0.05) is 49.4 Å². The molecule has 1 saturated carbocycles. The van der Waals surface area contributed by atoms with Crippen LogP contribution in [0.4, 0.5) is 4.39 Å². The third kappa shape index (κ3) is 5.29. The molecule has 0 spiro atoms. The summed E-state index contributed by atoms with van der Waals surface area (Å²) in [7, 11) is 0. The highest BCUT2D eigenvalue weighted by Gasteiger charge is 2.31. The second-order valence-corrected chi connectivity index (χ2v) is 7.01. The van der Waals surface area contributed by atoms with Crippen molar-refractivity contribution < 1.29 is 9.18 Å². The largest absolute Gasteiger partial charge is 0.338 e. The first-order valence-corrected chi connectivity index (χ1v) is 8.88. The lowest BCUT2D eigenvalue weighted by atomic mass is 9.94. The average molecular weight is 377 g/mol. The van der Waals surface area contributed by atoms with E-state index in [1.807, 2.05) is 42.2 Å². The summed E-state index contributed by atoms with van der Waals surface area (Å²) < 4.78 is 13.1. The molecular formula is C21H26ClFN2O. The number of carbonyl (C=O) groups is 1. The number of hydrogen-bond acceptors (Lipinski definition) is 2. The van der Waals surface area contributed by atoms with Gasteiger partial charge in [-0.3, -0.25) is 4.79 Å². The lowest BCUT2D eigenvalue weighted by molar-refractivity contribution is -0.136. The number of rotatable bonds is 7. The molecule has 26 heavy (non-hydrogen) atoms. The first-order chi connectivity index (χ1) is 12.0. The zero-order valence-electron chi connectivity index (χ0n) is 15.0. The fourth-order valence-electron chi connectivity index (χ4n) is 3.06. The number of halogens is 2. The molecule has 1 fully saturated rings. The minimum absolute atomic E-state index is 0. The van der Waals surface area contributed by atoms with Crippen LogP contribution in [-0.4, -0.2) is 17.4 Å². The Kier molecular flexibility index (Phi) is 7.18. The van der Waals surface area contributed by atoms with Crippen molar-refractivity contribution in [2.45, 2.75) is 32.4 Å². The summed E-state index contributed by atoms with van der Waals surface area (Å²) in [6.07, 6.45) is 2.35. The smallest absolute Gasteiger partial charge is 0.227 e. The molecule has 140 valence electrons. The van der Waals surface area contributed by atoms with E-state index >= 15 is 0 Å². The normalized spacial score (nSPS) is 15.7. The Labute approximate surface area is 160 Å². The first kappa shape index (κ1) is 20.4. The van der Waals surface area contributed by atoms with Crippen molar-refractivity contribution in [3.05, 3.63) is 71.5 Å². The molecule has 2 N–H and O–H groups in total. The summed E-state index contributed by atoms with van der Waals surface area (Å²) in [6, 6.07) is 15.8. The van der Waals surface area contributed by atoms with Gasteiger partial charge < -0.3 is 10.6 Å². The van der Waals surface area contributed by atoms with Gasteiger partial charge in [-0.15, -0.1) is 12.4 Å². The average Bonchev–Trinajstić information content (AvgIpc) is 3.46. The van der Waals surface area contributed by atoms with E-state index in [9.17, 15) is 9.18 Å². The maximum absolute atomic E-state index is 13.1. The van der Waals surface area contributed by atoms with Crippen LogP contribution in [0.3, 0.4) is 0 Å². The SMILES string of the molecule is CC(C(=O)N(Cc1ccc(F)cc1)CC1CC1)C(N)c1ccccc1.Cl. The number of carbonyl (C=O) groups excluding carboxylic acids is 1. The van der Waals surface area contributed by atoms with E-state index in [1.54, 1.807) is 12.1 Å². The second kappa shape index (κ2) is 9.15. The Morgan fingerprint density at radius 3 is 2.35 bits per heavy atom. The third-order valence-corrected chi connectivity index (χ3v) is 4.89. The highest BCUT2D eigenvalue weighted by molar-refractivity contribution is 5.85. The first-order valence-electron chi connectivity index (χ1n) is 8.88. The van der Waals surface area contributed by atoms with Gasteiger partial charge in [0.1, 0.15) is 5.82 Å². The molecule has 2 aromatic carbocycles. The number of amides is 1. The molecule has 2 unspecified atom stereocenters. The van der Waals surface area contributed by atoms with Crippen LogP contribution in [0.2, 0.25) is 0 Å². The molecule has 0 radical (unpaired) electrons. The lowest BCUT2D eigenvalue weighted by Crippen LogP contribution is -2.40. The van der Waals surface area contributed by atoms with E-state index in [0.717, 1.165) is 17.7 Å². The number of hydrogen-bond donors (Lipinski definition) is 1. The van der Waals surface area contributed by atoms with Gasteiger partial charge in [0.05, 0.1) is 5.92 Å². The molecule has 1 aliphatic carbocycles. The van der Waals surface area contributed by atoms with Crippen molar-refractivity contribution in [2.75, 3.05) is 6.54 Å². The predicted octanol–water partition coefficient (Wildman–Crippen LogP) is 4.32. The molecule has 3 rings (SSSR count). The van der Waals surface area contributed by atoms with E-state index < -0.39 is 0 Å². The molecule has 2 atom stereocenters. The van der Waals surface area contributed by atoms with Gasteiger partial charge >= 0.3 is 0 Å². The summed E-state index contributed by atoms with van der Waals surface area (Å²) in [5.41, 5.74) is 8.25. The Morgan fingerprint density at radius 1 is 1.15 bits per heavy atom. The van der Waals surface area contributed by atoms with Crippen molar-refractivity contribution in [3.8, 4) is 0 Å². The minimum Gasteiger partial charge on any atom is -0.338 e. The zero-order chi connectivity index (χ0) is 17.8. The van der Waals surface area contributed by atoms with E-state index in [1.165, 1.54) is 25.0 Å². The highest BCUT2D eigenvalue weighted by atomic mass is 35.5. The van der Waals surface area contributed by atoms with Crippen molar-refractivity contribution >= 4 is 18.3 Å². The van der Waals surface area contributed by atoms with Gasteiger partial charge in [0.2, 0.25) is 5.91 Å². The van der Waals surface area contributed by atoms with Gasteiger partial charge in [0.25, 0.3) is 0 Å². The van der Waals surface area contributed by atoms with Crippen LogP contribution in [0.1, 0.15) is 36.9 Å². The topological polar surface area (TPSA) is 46.3 Å². The lowest BCUT2D eigenvalue weighted by Gasteiger charge is -2.29. The maximum atomic E-state index is 13.1. The molecule has 0 aromatic heterocycles. The Hall–Kier alpha value is -1.91. The minimum atomic E-state index is -0.330. The fourth-order valence-corrected chi connectivity index (χ4v) is 3.06. The van der Waals surface area contributed by atoms with E-state index in [4.69, 9.17) is 5.73 Å². The summed E-state index contributed by atoms with van der Waals surface area (Å²) in [5, 5.41) is 0. The molecule has 3 nitrogen and oxygen atoms in total. The van der Waals surface area contributed by atoms with Gasteiger partial charge in [0, 0.05) is 19.1 Å². The Balaban J connectivity index is 0.00000243. The van der Waals surface area contributed by atoms with Crippen molar-refractivity contribution in [1.29, 1.82) is 0 Å². The maximum Gasteiger partial charge on any atom is 0.227 e. The standard InChI is InChI=1S/C21H25FN2O.ClH/c1-15(20(23)18-5-3-2-4-6-18)21(25)24(13-16-7-8-16)14-17-9-11-19(22)12-10-17;/h2-6,9-12,15-16,20H,7-8,13-14,23H2,1H3;1H. The van der Waals surface area contributed by atoms with Gasteiger partial charge in [-0.25, -0.2) is 4.39 Å². The summed E-state index contributed by atoms with van der Waals surface area (Å²) in [5.74, 6) is 0.0852. The fraction of sp³-hybridized carbons (Fsp3) is 0.381. The number of nitrogens with two attached hydrogens (primary N) is 1. The second-order valence-electron chi connectivity index (χ2n) is 7.01. The van der Waals surface area contributed by atoms with E-state index in [0.29, 0.717) is 12.5 Å². The summed E-state index contributed by atoms with van der Waals surface area (Å²) in [6.45, 7) is 3.15. The molecular weight excluding hydrogens is 351 g/mol. The van der Waals surface area contributed by atoms with E-state index in [-0.39, 0.29) is 36.1 Å². The van der Waals surface area contributed by atoms with Crippen LogP contribution < -0.4 is 5.73 Å². The van der Waals surface area contributed by atoms with Crippen molar-refractivity contribution in [2.24, 2.45) is 17.6 Å². The van der Waals surface area contributed by atoms with Crippen molar-refractivity contribution in [3.63, 3.8) is 0 Å². The van der Waals surface area contributed by atoms with Crippen LogP contribution in [0.5, 0.6) is 0 Å². The van der Waals surface area contributed by atoms with Gasteiger partial charge in [0.15, 0.2) is 0 Å². The van der Waals surface area contributed by atoms with Crippen LogP contribution in [0, 0.1) is 17.7 Å². The summed E-state index contributed by atoms with van der Waals surface area (Å²) >= 11 is 0. The van der Waals surface area contributed by atoms with Crippen LogP contribution in [0.25, 0.3) is 0 Å². The number of nitrogens with zero attached hydrogens (tertiary/aromatic N) is 1. The molecule has 5 heteroatoms. The Morgan fingerprint density at radius 2 is 1.77 bits per heavy atom. The molecule has 0 saturated heterocycles. The molecule has 0 heterocycles. The zero-order valence-corrected chi connectivity index (χ0v) is 15.8. The molecule has 0 bridgehead atoms. The van der Waals surface area contributed by atoms with Gasteiger partial charge in [-0.2, -0.15) is 0 Å². The van der Waals surface area contributed by atoms with Crippen LogP contribution in [0.15, 0.2) is 54.6 Å². The molecule has 2 aromatic rings. The molecule has 0 aliphatic heterocycles. The van der Waals surface area contributed by atoms with Crippen LogP contribution >= 0.6 is 12.4 Å². The highest BCUT2D eigenvalue weighted by Crippen LogP contribution is 2.31. The molecule has 1 amide bonds. The third-order valence-electron chi connectivity index (χ3n) is 4.89. The van der Waals surface area contributed by atoms with Crippen LogP contribution in [-0.2, 0) is 11.3 Å². The monoisotopic (exact) mass is 376 g/mol. The molecule has 1 aliphatic rings. The quantitative estimate of drug-likeness (QED) is 0.782. The van der Waals surface area contributed by atoms with Gasteiger partial charge in [-0.05, 0) is 42.0 Å². The summed E-state index contributed by atoms with van der Waals surface area (Å²) in [4.78, 5) is 15.0. The Bertz CT molecular complexity index is 704. The van der Waals surface area contributed by atoms with Crippen molar-refractivity contribution in [1.82, 2.24) is 4.90 Å². The van der Waals surface area contributed by atoms with E-state index in [2.05, 4.69) is 0 Å². The predicted molar refractivity (Wildman–Crippen MR) is 104 cm³/mol.